The quantitative estimate of drug-likeness (QED) is 0.133. The SMILES string of the molecule is CCOC(=O)C[C@H](NC[C@H](CC(C)C)n1cc(CCN2CC(OC)C2)c(C(F)(F)F)cc1=O)c1cc(-c2c(C)cccc2C)cc(C)c1F. The Morgan fingerprint density at radius 1 is 1.06 bits per heavy atom. The number of likely N-dealkylation sites (tertiary alicyclic amines) is 1. The van der Waals surface area contributed by atoms with Crippen molar-refractivity contribution >= 4 is 5.97 Å². The molecule has 268 valence electrons. The zero-order valence-corrected chi connectivity index (χ0v) is 29.5. The predicted octanol–water partition coefficient (Wildman–Crippen LogP) is 7.34. The van der Waals surface area contributed by atoms with E-state index in [2.05, 4.69) is 5.32 Å². The normalized spacial score (nSPS) is 15.3. The minimum atomic E-state index is -4.69. The Hall–Kier alpha value is -3.54. The molecule has 7 nitrogen and oxygen atoms in total. The average molecular weight is 688 g/mol. The first-order valence-corrected chi connectivity index (χ1v) is 17.0. The van der Waals surface area contributed by atoms with Crippen LogP contribution in [0.25, 0.3) is 11.1 Å². The summed E-state index contributed by atoms with van der Waals surface area (Å²) >= 11 is 0. The molecule has 3 aromatic rings. The van der Waals surface area contributed by atoms with Crippen LogP contribution in [-0.2, 0) is 26.9 Å². The number of carbonyl (C=O) groups excluding carboxylic acids is 1. The molecule has 0 amide bonds. The summed E-state index contributed by atoms with van der Waals surface area (Å²) in [4.78, 5) is 28.2. The third-order valence-electron chi connectivity index (χ3n) is 9.26. The van der Waals surface area contributed by atoms with Crippen molar-refractivity contribution in [2.24, 2.45) is 5.92 Å². The highest BCUT2D eigenvalue weighted by Gasteiger charge is 2.36. The van der Waals surface area contributed by atoms with Gasteiger partial charge < -0.3 is 19.4 Å². The molecule has 1 aliphatic rings. The fourth-order valence-corrected chi connectivity index (χ4v) is 6.73. The number of hydrogen-bond acceptors (Lipinski definition) is 6. The van der Waals surface area contributed by atoms with E-state index in [0.717, 1.165) is 22.3 Å². The Kier molecular flexibility index (Phi) is 12.8. The number of carbonyl (C=O) groups is 1. The van der Waals surface area contributed by atoms with Gasteiger partial charge in [0.1, 0.15) is 5.82 Å². The maximum absolute atomic E-state index is 16.0. The molecule has 0 unspecified atom stereocenters. The monoisotopic (exact) mass is 687 g/mol. The summed E-state index contributed by atoms with van der Waals surface area (Å²) in [6, 6.07) is 8.75. The van der Waals surface area contributed by atoms with Crippen LogP contribution in [0, 0.1) is 32.5 Å². The maximum atomic E-state index is 16.0. The van der Waals surface area contributed by atoms with Gasteiger partial charge in [-0.25, -0.2) is 4.39 Å². The van der Waals surface area contributed by atoms with Crippen molar-refractivity contribution in [1.82, 2.24) is 14.8 Å². The summed E-state index contributed by atoms with van der Waals surface area (Å²) in [5.74, 6) is -0.912. The van der Waals surface area contributed by atoms with E-state index in [9.17, 15) is 22.8 Å². The first-order valence-electron chi connectivity index (χ1n) is 17.0. The fraction of sp³-hybridized carbons (Fsp3) is 0.526. The maximum Gasteiger partial charge on any atom is 0.416 e. The van der Waals surface area contributed by atoms with Crippen LogP contribution >= 0.6 is 0 Å². The molecule has 1 saturated heterocycles. The van der Waals surface area contributed by atoms with Gasteiger partial charge in [-0.15, -0.1) is 0 Å². The second-order valence-corrected chi connectivity index (χ2v) is 13.5. The van der Waals surface area contributed by atoms with Gasteiger partial charge in [0.25, 0.3) is 5.56 Å². The highest BCUT2D eigenvalue weighted by atomic mass is 19.4. The van der Waals surface area contributed by atoms with Crippen LogP contribution in [0.5, 0.6) is 0 Å². The van der Waals surface area contributed by atoms with Crippen molar-refractivity contribution in [3.63, 3.8) is 0 Å². The van der Waals surface area contributed by atoms with Gasteiger partial charge in [-0.2, -0.15) is 13.2 Å². The van der Waals surface area contributed by atoms with Gasteiger partial charge in [0.15, 0.2) is 0 Å². The zero-order valence-electron chi connectivity index (χ0n) is 29.5. The number of alkyl halides is 3. The number of rotatable bonds is 15. The minimum Gasteiger partial charge on any atom is -0.466 e. The number of hydrogen-bond donors (Lipinski definition) is 1. The van der Waals surface area contributed by atoms with E-state index >= 15 is 4.39 Å². The van der Waals surface area contributed by atoms with Gasteiger partial charge in [0, 0.05) is 63.2 Å². The molecule has 1 N–H and O–H groups in total. The highest BCUT2D eigenvalue weighted by molar-refractivity contribution is 5.73. The average Bonchev–Trinajstić information content (AvgIpc) is 2.99. The molecule has 11 heteroatoms. The molecule has 49 heavy (non-hydrogen) atoms. The number of aromatic nitrogens is 1. The highest BCUT2D eigenvalue weighted by Crippen LogP contribution is 2.35. The summed E-state index contributed by atoms with van der Waals surface area (Å²) in [5.41, 5.74) is 2.84. The lowest BCUT2D eigenvalue weighted by Crippen LogP contribution is -2.52. The van der Waals surface area contributed by atoms with E-state index in [1.54, 1.807) is 33.1 Å². The van der Waals surface area contributed by atoms with Crippen LogP contribution in [-0.4, -0.2) is 61.4 Å². The lowest BCUT2D eigenvalue weighted by Gasteiger charge is -2.38. The summed E-state index contributed by atoms with van der Waals surface area (Å²) in [5, 5.41) is 3.33. The summed E-state index contributed by atoms with van der Waals surface area (Å²) in [7, 11) is 1.61. The Bertz CT molecular complexity index is 1640. The standard InChI is InChI=1S/C38H49F4N3O4/c1-8-49-35(47)18-33(31-16-28(15-26(6)37(31)39)36-24(4)10-9-11-25(36)5)43-19-29(14-23(2)3)45-20-27(12-13-44-21-30(22-44)48-7)32(17-34(45)46)38(40,41)42/h9-11,15-17,20,23,29-30,33,43H,8,12-14,18-19,21-22H2,1-7H3/t29-,33-/m0/s1. The summed E-state index contributed by atoms with van der Waals surface area (Å²) in [6.45, 7) is 13.2. The van der Waals surface area contributed by atoms with Crippen molar-refractivity contribution < 1.29 is 31.8 Å². The first kappa shape index (κ1) is 38.3. The Labute approximate surface area is 286 Å². The smallest absolute Gasteiger partial charge is 0.416 e. The molecule has 0 aliphatic carbocycles. The molecular formula is C38H49F4N3O4. The molecule has 0 bridgehead atoms. The largest absolute Gasteiger partial charge is 0.466 e. The van der Waals surface area contributed by atoms with Gasteiger partial charge in [-0.1, -0.05) is 32.0 Å². The minimum absolute atomic E-state index is 0.0350. The van der Waals surface area contributed by atoms with Gasteiger partial charge in [-0.05, 0) is 92.0 Å². The second-order valence-electron chi connectivity index (χ2n) is 13.5. The van der Waals surface area contributed by atoms with E-state index in [0.29, 0.717) is 37.7 Å². The number of ether oxygens (including phenoxy) is 2. The third kappa shape index (κ3) is 9.58. The van der Waals surface area contributed by atoms with Crippen molar-refractivity contribution in [3.05, 3.63) is 92.1 Å². The topological polar surface area (TPSA) is 72.8 Å². The number of esters is 1. The van der Waals surface area contributed by atoms with E-state index in [1.807, 2.05) is 50.8 Å². The van der Waals surface area contributed by atoms with Gasteiger partial charge >= 0.3 is 12.1 Å². The van der Waals surface area contributed by atoms with Crippen LogP contribution in [0.1, 0.15) is 79.1 Å². The van der Waals surface area contributed by atoms with Crippen molar-refractivity contribution in [2.75, 3.05) is 39.9 Å². The number of methoxy groups -OCH3 is 1. The first-order chi connectivity index (χ1) is 23.1. The number of benzene rings is 2. The Morgan fingerprint density at radius 3 is 2.33 bits per heavy atom. The third-order valence-corrected chi connectivity index (χ3v) is 9.26. The molecular weight excluding hydrogens is 638 g/mol. The molecule has 1 aromatic heterocycles. The molecule has 2 aromatic carbocycles. The molecule has 1 fully saturated rings. The van der Waals surface area contributed by atoms with Crippen LogP contribution in [0.15, 0.2) is 47.4 Å². The van der Waals surface area contributed by atoms with Crippen LogP contribution in [0.3, 0.4) is 0 Å². The Morgan fingerprint density at radius 2 is 1.73 bits per heavy atom. The molecule has 2 atom stereocenters. The van der Waals surface area contributed by atoms with Crippen molar-refractivity contribution in [2.45, 2.75) is 85.2 Å². The van der Waals surface area contributed by atoms with Gasteiger partial charge in [0.05, 0.1) is 24.7 Å². The van der Waals surface area contributed by atoms with Crippen LogP contribution < -0.4 is 10.9 Å². The number of nitrogens with one attached hydrogen (secondary N) is 1. The predicted molar refractivity (Wildman–Crippen MR) is 183 cm³/mol. The number of pyridine rings is 1. The number of nitrogens with zero attached hydrogens (tertiary/aromatic N) is 2. The molecule has 4 rings (SSSR count). The zero-order chi connectivity index (χ0) is 36.0. The Balaban J connectivity index is 1.72. The number of aryl methyl sites for hydroxylation is 3. The van der Waals surface area contributed by atoms with Crippen molar-refractivity contribution in [3.8, 4) is 11.1 Å². The van der Waals surface area contributed by atoms with Crippen LogP contribution in [0.4, 0.5) is 17.6 Å². The lowest BCUT2D eigenvalue weighted by molar-refractivity contribution is -0.143. The second kappa shape index (κ2) is 16.4. The fourth-order valence-electron chi connectivity index (χ4n) is 6.73. The van der Waals surface area contributed by atoms with E-state index in [-0.39, 0.29) is 49.1 Å². The number of halogens is 4. The lowest BCUT2D eigenvalue weighted by atomic mass is 9.90. The van der Waals surface area contributed by atoms with Gasteiger partial charge in [0.2, 0.25) is 0 Å². The molecule has 2 heterocycles. The molecule has 1 aliphatic heterocycles. The van der Waals surface area contributed by atoms with E-state index < -0.39 is 41.2 Å². The van der Waals surface area contributed by atoms with Gasteiger partial charge in [-0.3, -0.25) is 14.5 Å². The summed E-state index contributed by atoms with van der Waals surface area (Å²) < 4.78 is 70.3. The summed E-state index contributed by atoms with van der Waals surface area (Å²) in [6.07, 6.45) is -2.91. The molecule has 0 spiro atoms. The van der Waals surface area contributed by atoms with Crippen molar-refractivity contribution in [1.29, 1.82) is 0 Å². The molecule has 0 radical (unpaired) electrons. The van der Waals surface area contributed by atoms with E-state index in [1.165, 1.54) is 10.8 Å². The van der Waals surface area contributed by atoms with E-state index in [4.69, 9.17) is 9.47 Å². The molecule has 0 saturated carbocycles. The van der Waals surface area contributed by atoms with Crippen LogP contribution in [0.2, 0.25) is 0 Å².